The Hall–Kier alpha value is -1.26. The average molecular weight is 292 g/mol. The van der Waals surface area contributed by atoms with Crippen molar-refractivity contribution in [3.63, 3.8) is 0 Å². The van der Waals surface area contributed by atoms with Gasteiger partial charge in [0.15, 0.2) is 0 Å². The van der Waals surface area contributed by atoms with E-state index in [0.29, 0.717) is 6.04 Å². The van der Waals surface area contributed by atoms with Gasteiger partial charge in [0.1, 0.15) is 11.5 Å². The minimum Gasteiger partial charge on any atom is -0.497 e. The summed E-state index contributed by atoms with van der Waals surface area (Å²) in [4.78, 5) is 2.47. The molecule has 1 aromatic carbocycles. The van der Waals surface area contributed by atoms with Crippen LogP contribution in [0.4, 0.5) is 0 Å². The van der Waals surface area contributed by atoms with Crippen LogP contribution in [0.2, 0.25) is 0 Å². The lowest BCUT2D eigenvalue weighted by Gasteiger charge is -2.33. The molecule has 1 N–H and O–H groups in total. The third-order valence-corrected chi connectivity index (χ3v) is 4.49. The molecule has 0 amide bonds. The van der Waals surface area contributed by atoms with E-state index in [-0.39, 0.29) is 6.04 Å². The first-order valence-electron chi connectivity index (χ1n) is 7.81. The maximum atomic E-state index is 5.49. The predicted octanol–water partition coefficient (Wildman–Crippen LogP) is 2.84. The maximum absolute atomic E-state index is 5.49. The topological polar surface area (TPSA) is 33.7 Å². The normalized spacial score (nSPS) is 21.0. The summed E-state index contributed by atoms with van der Waals surface area (Å²) in [5.41, 5.74) is 1.18. The van der Waals surface area contributed by atoms with Crippen molar-refractivity contribution in [1.29, 1.82) is 0 Å². The smallest absolute Gasteiger partial charge is 0.127 e. The van der Waals surface area contributed by atoms with Crippen LogP contribution >= 0.6 is 0 Å². The molecule has 0 radical (unpaired) electrons. The van der Waals surface area contributed by atoms with Crippen LogP contribution in [0.25, 0.3) is 0 Å². The number of methoxy groups -OCH3 is 2. The maximum Gasteiger partial charge on any atom is 0.127 e. The molecule has 2 atom stereocenters. The van der Waals surface area contributed by atoms with Crippen molar-refractivity contribution in [3.05, 3.63) is 23.8 Å². The van der Waals surface area contributed by atoms with Gasteiger partial charge in [-0.25, -0.2) is 0 Å². The number of hydrogen-bond acceptors (Lipinski definition) is 4. The van der Waals surface area contributed by atoms with Crippen molar-refractivity contribution < 1.29 is 9.47 Å². The molecule has 1 saturated heterocycles. The van der Waals surface area contributed by atoms with Gasteiger partial charge in [-0.3, -0.25) is 0 Å². The number of rotatable bonds is 6. The molecule has 0 aromatic heterocycles. The molecule has 21 heavy (non-hydrogen) atoms. The Morgan fingerprint density at radius 2 is 2.10 bits per heavy atom. The minimum absolute atomic E-state index is 0.265. The first kappa shape index (κ1) is 16.1. The molecule has 1 aromatic rings. The number of nitrogens with zero attached hydrogens (tertiary/aromatic N) is 1. The predicted molar refractivity (Wildman–Crippen MR) is 86.2 cm³/mol. The van der Waals surface area contributed by atoms with Crippen molar-refractivity contribution in [2.24, 2.45) is 0 Å². The highest BCUT2D eigenvalue weighted by Gasteiger charge is 2.20. The molecule has 1 heterocycles. The third kappa shape index (κ3) is 4.11. The molecule has 0 saturated carbocycles. The monoisotopic (exact) mass is 292 g/mol. The number of piperidine rings is 1. The summed E-state index contributed by atoms with van der Waals surface area (Å²) >= 11 is 0. The van der Waals surface area contributed by atoms with E-state index in [4.69, 9.17) is 9.47 Å². The van der Waals surface area contributed by atoms with Crippen LogP contribution in [0.3, 0.4) is 0 Å². The summed E-state index contributed by atoms with van der Waals surface area (Å²) < 4.78 is 10.7. The first-order valence-corrected chi connectivity index (χ1v) is 7.81. The lowest BCUT2D eigenvalue weighted by Crippen LogP contribution is -2.43. The van der Waals surface area contributed by atoms with Crippen LogP contribution < -0.4 is 14.8 Å². The number of likely N-dealkylation sites (N-methyl/N-ethyl adjacent to an activating group) is 1. The van der Waals surface area contributed by atoms with Gasteiger partial charge < -0.3 is 19.7 Å². The molecular weight excluding hydrogens is 264 g/mol. The Morgan fingerprint density at radius 1 is 1.29 bits per heavy atom. The van der Waals surface area contributed by atoms with Gasteiger partial charge in [-0.1, -0.05) is 12.5 Å². The van der Waals surface area contributed by atoms with Crippen LogP contribution in [0.1, 0.15) is 37.8 Å². The van der Waals surface area contributed by atoms with Crippen molar-refractivity contribution >= 4 is 0 Å². The Labute approximate surface area is 128 Å². The summed E-state index contributed by atoms with van der Waals surface area (Å²) in [5, 5.41) is 3.65. The highest BCUT2D eigenvalue weighted by Crippen LogP contribution is 2.29. The van der Waals surface area contributed by atoms with E-state index in [2.05, 4.69) is 30.3 Å². The highest BCUT2D eigenvalue weighted by atomic mass is 16.5. The summed E-state index contributed by atoms with van der Waals surface area (Å²) in [6.07, 6.45) is 3.96. The lowest BCUT2D eigenvalue weighted by atomic mass is 10.0. The zero-order valence-corrected chi connectivity index (χ0v) is 13.7. The third-order valence-electron chi connectivity index (χ3n) is 4.49. The Morgan fingerprint density at radius 3 is 2.76 bits per heavy atom. The lowest BCUT2D eigenvalue weighted by molar-refractivity contribution is 0.178. The van der Waals surface area contributed by atoms with E-state index >= 15 is 0 Å². The molecule has 0 aliphatic carbocycles. The molecule has 1 aliphatic heterocycles. The SMILES string of the molecule is COc1ccc(C(C)NCC2CCCCN2C)c(OC)c1. The molecule has 0 bridgehead atoms. The van der Waals surface area contributed by atoms with Gasteiger partial charge in [-0.2, -0.15) is 0 Å². The van der Waals surface area contributed by atoms with E-state index in [9.17, 15) is 0 Å². The van der Waals surface area contributed by atoms with Crippen LogP contribution in [0.5, 0.6) is 11.5 Å². The second-order valence-electron chi connectivity index (χ2n) is 5.87. The Kier molecular flexibility index (Phi) is 5.88. The Balaban J connectivity index is 1.97. The molecule has 4 heteroatoms. The standard InChI is InChI=1S/C17H28N2O2/c1-13(18-12-14-7-5-6-10-19(14)2)16-9-8-15(20-3)11-17(16)21-4/h8-9,11,13-14,18H,5-7,10,12H2,1-4H3. The second-order valence-corrected chi connectivity index (χ2v) is 5.87. The van der Waals surface area contributed by atoms with Crippen LogP contribution in [-0.4, -0.2) is 45.3 Å². The number of benzene rings is 1. The van der Waals surface area contributed by atoms with Gasteiger partial charge in [0.2, 0.25) is 0 Å². The largest absolute Gasteiger partial charge is 0.497 e. The van der Waals surface area contributed by atoms with Gasteiger partial charge in [-0.05, 0) is 39.4 Å². The summed E-state index contributed by atoms with van der Waals surface area (Å²) in [6, 6.07) is 6.93. The van der Waals surface area contributed by atoms with Crippen molar-refractivity contribution in [1.82, 2.24) is 10.2 Å². The summed E-state index contributed by atoms with van der Waals surface area (Å²) in [5.74, 6) is 1.71. The van der Waals surface area contributed by atoms with Gasteiger partial charge in [0.25, 0.3) is 0 Å². The fourth-order valence-corrected chi connectivity index (χ4v) is 3.00. The van der Waals surface area contributed by atoms with Crippen LogP contribution in [0, 0.1) is 0 Å². The summed E-state index contributed by atoms with van der Waals surface area (Å²) in [7, 11) is 5.61. The molecule has 4 nitrogen and oxygen atoms in total. The zero-order valence-electron chi connectivity index (χ0n) is 13.7. The van der Waals surface area contributed by atoms with Crippen molar-refractivity contribution in [3.8, 4) is 11.5 Å². The quantitative estimate of drug-likeness (QED) is 0.874. The Bertz CT molecular complexity index is 450. The van der Waals surface area contributed by atoms with E-state index in [1.54, 1.807) is 14.2 Å². The van der Waals surface area contributed by atoms with Crippen LogP contribution in [-0.2, 0) is 0 Å². The molecule has 1 fully saturated rings. The molecular formula is C17H28N2O2. The second kappa shape index (κ2) is 7.66. The van der Waals surface area contributed by atoms with Gasteiger partial charge >= 0.3 is 0 Å². The number of hydrogen-bond donors (Lipinski definition) is 1. The van der Waals surface area contributed by atoms with Crippen LogP contribution in [0.15, 0.2) is 18.2 Å². The van der Waals surface area contributed by atoms with E-state index in [0.717, 1.165) is 18.0 Å². The molecule has 118 valence electrons. The average Bonchev–Trinajstić information content (AvgIpc) is 2.53. The minimum atomic E-state index is 0.265. The van der Waals surface area contributed by atoms with Gasteiger partial charge in [0.05, 0.1) is 14.2 Å². The molecule has 1 aliphatic rings. The van der Waals surface area contributed by atoms with Crippen molar-refractivity contribution in [2.45, 2.75) is 38.3 Å². The van der Waals surface area contributed by atoms with E-state index < -0.39 is 0 Å². The molecule has 2 unspecified atom stereocenters. The van der Waals surface area contributed by atoms with E-state index in [1.807, 2.05) is 12.1 Å². The van der Waals surface area contributed by atoms with E-state index in [1.165, 1.54) is 31.4 Å². The van der Waals surface area contributed by atoms with Gasteiger partial charge in [0, 0.05) is 30.3 Å². The molecule has 2 rings (SSSR count). The first-order chi connectivity index (χ1) is 10.2. The highest BCUT2D eigenvalue weighted by molar-refractivity contribution is 5.42. The van der Waals surface area contributed by atoms with Gasteiger partial charge in [-0.15, -0.1) is 0 Å². The fraction of sp³-hybridized carbons (Fsp3) is 0.647. The summed E-state index contributed by atoms with van der Waals surface area (Å²) in [6.45, 7) is 4.42. The molecule has 0 spiro atoms. The zero-order chi connectivity index (χ0) is 15.2. The fourth-order valence-electron chi connectivity index (χ4n) is 3.00. The number of ether oxygens (including phenoxy) is 2. The number of likely N-dealkylation sites (tertiary alicyclic amines) is 1. The number of nitrogens with one attached hydrogen (secondary N) is 1. The van der Waals surface area contributed by atoms with Crippen molar-refractivity contribution in [2.75, 3.05) is 34.4 Å².